The number of piperidine rings is 1. The number of anilines is 1. The first-order valence-corrected chi connectivity index (χ1v) is 9.79. The van der Waals surface area contributed by atoms with E-state index in [9.17, 15) is 9.59 Å². The zero-order valence-corrected chi connectivity index (χ0v) is 16.4. The van der Waals surface area contributed by atoms with Crippen molar-refractivity contribution in [1.82, 2.24) is 4.90 Å². The van der Waals surface area contributed by atoms with E-state index >= 15 is 0 Å². The molecule has 2 amide bonds. The van der Waals surface area contributed by atoms with Gasteiger partial charge in [-0.2, -0.15) is 0 Å². The molecule has 1 atom stereocenters. The summed E-state index contributed by atoms with van der Waals surface area (Å²) in [5.41, 5.74) is 4.01. The van der Waals surface area contributed by atoms with Crippen LogP contribution in [-0.2, 0) is 0 Å². The standard InChI is InChI=1S/C23H28N2O2/c1-4-20-10-5-6-13-25(20)23(27)19-9-7-8-18(15-19)22(26)24-21-14-16(2)11-12-17(21)3/h7-9,11-12,14-15,20H,4-6,10,13H2,1-3H3,(H,24,26). The number of amides is 2. The number of nitrogens with one attached hydrogen (secondary N) is 1. The van der Waals surface area contributed by atoms with Crippen molar-refractivity contribution in [2.24, 2.45) is 0 Å². The van der Waals surface area contributed by atoms with Crippen molar-refractivity contribution >= 4 is 17.5 Å². The monoisotopic (exact) mass is 364 g/mol. The van der Waals surface area contributed by atoms with Gasteiger partial charge in [0.25, 0.3) is 11.8 Å². The zero-order valence-electron chi connectivity index (χ0n) is 16.4. The summed E-state index contributed by atoms with van der Waals surface area (Å²) >= 11 is 0. The Labute approximate surface area is 161 Å². The molecule has 1 saturated heterocycles. The van der Waals surface area contributed by atoms with Gasteiger partial charge in [0, 0.05) is 29.4 Å². The average Bonchev–Trinajstić information content (AvgIpc) is 2.70. The molecule has 1 aliphatic rings. The fourth-order valence-electron chi connectivity index (χ4n) is 3.72. The lowest BCUT2D eigenvalue weighted by atomic mass is 9.98. The largest absolute Gasteiger partial charge is 0.336 e. The van der Waals surface area contributed by atoms with E-state index < -0.39 is 0 Å². The number of hydrogen-bond donors (Lipinski definition) is 1. The second kappa shape index (κ2) is 8.38. The molecule has 4 nitrogen and oxygen atoms in total. The van der Waals surface area contributed by atoms with E-state index in [0.29, 0.717) is 17.2 Å². The van der Waals surface area contributed by atoms with E-state index in [1.165, 1.54) is 6.42 Å². The average molecular weight is 364 g/mol. The van der Waals surface area contributed by atoms with E-state index in [-0.39, 0.29) is 11.8 Å². The molecule has 3 rings (SSSR count). The lowest BCUT2D eigenvalue weighted by Gasteiger charge is -2.35. The minimum atomic E-state index is -0.191. The fraction of sp³-hybridized carbons (Fsp3) is 0.391. The Morgan fingerprint density at radius 3 is 2.63 bits per heavy atom. The molecule has 0 saturated carbocycles. The third-order valence-electron chi connectivity index (χ3n) is 5.37. The van der Waals surface area contributed by atoms with Crippen LogP contribution in [0.15, 0.2) is 42.5 Å². The van der Waals surface area contributed by atoms with Gasteiger partial charge in [-0.3, -0.25) is 9.59 Å². The van der Waals surface area contributed by atoms with Crippen molar-refractivity contribution < 1.29 is 9.59 Å². The Morgan fingerprint density at radius 2 is 1.85 bits per heavy atom. The maximum absolute atomic E-state index is 13.0. The molecule has 0 bridgehead atoms. The van der Waals surface area contributed by atoms with Gasteiger partial charge in [-0.1, -0.05) is 25.1 Å². The maximum atomic E-state index is 13.0. The first kappa shape index (κ1) is 19.2. The summed E-state index contributed by atoms with van der Waals surface area (Å²) in [6, 6.07) is 13.3. The third-order valence-corrected chi connectivity index (χ3v) is 5.37. The fourth-order valence-corrected chi connectivity index (χ4v) is 3.72. The molecule has 27 heavy (non-hydrogen) atoms. The van der Waals surface area contributed by atoms with Crippen LogP contribution in [0.1, 0.15) is 64.4 Å². The number of likely N-dealkylation sites (tertiary alicyclic amines) is 1. The lowest BCUT2D eigenvalue weighted by molar-refractivity contribution is 0.0608. The van der Waals surface area contributed by atoms with E-state index in [1.54, 1.807) is 24.3 Å². The number of hydrogen-bond acceptors (Lipinski definition) is 2. The van der Waals surface area contributed by atoms with Gasteiger partial charge in [-0.05, 0) is 74.9 Å². The number of nitrogens with zero attached hydrogens (tertiary/aromatic N) is 1. The molecule has 1 fully saturated rings. The first-order chi connectivity index (χ1) is 13.0. The Bertz CT molecular complexity index is 844. The third kappa shape index (κ3) is 4.38. The van der Waals surface area contributed by atoms with Gasteiger partial charge < -0.3 is 10.2 Å². The summed E-state index contributed by atoms with van der Waals surface area (Å²) in [6.07, 6.45) is 4.27. The highest BCUT2D eigenvalue weighted by molar-refractivity contribution is 6.06. The highest BCUT2D eigenvalue weighted by Gasteiger charge is 2.26. The smallest absolute Gasteiger partial charge is 0.255 e. The van der Waals surface area contributed by atoms with E-state index in [4.69, 9.17) is 0 Å². The molecular formula is C23H28N2O2. The van der Waals surface area contributed by atoms with Crippen LogP contribution in [-0.4, -0.2) is 29.3 Å². The molecule has 0 spiro atoms. The Hall–Kier alpha value is -2.62. The van der Waals surface area contributed by atoms with Gasteiger partial charge in [-0.15, -0.1) is 0 Å². The summed E-state index contributed by atoms with van der Waals surface area (Å²) in [6.45, 7) is 6.90. The molecule has 0 radical (unpaired) electrons. The number of rotatable bonds is 4. The number of carbonyl (C=O) groups excluding carboxylic acids is 2. The van der Waals surface area contributed by atoms with E-state index in [1.807, 2.05) is 36.9 Å². The highest BCUT2D eigenvalue weighted by atomic mass is 16.2. The van der Waals surface area contributed by atoms with Crippen LogP contribution >= 0.6 is 0 Å². The van der Waals surface area contributed by atoms with Gasteiger partial charge in [0.15, 0.2) is 0 Å². The molecule has 1 N–H and O–H groups in total. The second-order valence-electron chi connectivity index (χ2n) is 7.41. The first-order valence-electron chi connectivity index (χ1n) is 9.79. The van der Waals surface area contributed by atoms with Crippen LogP contribution in [0.3, 0.4) is 0 Å². The van der Waals surface area contributed by atoms with Crippen LogP contribution < -0.4 is 5.32 Å². The normalized spacial score (nSPS) is 16.9. The van der Waals surface area contributed by atoms with Crippen LogP contribution in [0, 0.1) is 13.8 Å². The summed E-state index contributed by atoms with van der Waals surface area (Å²) in [5, 5.41) is 2.97. The minimum absolute atomic E-state index is 0.0305. The molecule has 2 aromatic carbocycles. The SMILES string of the molecule is CCC1CCCCN1C(=O)c1cccc(C(=O)Nc2cc(C)ccc2C)c1. The molecule has 2 aromatic rings. The van der Waals surface area contributed by atoms with Gasteiger partial charge >= 0.3 is 0 Å². The van der Waals surface area contributed by atoms with Gasteiger partial charge in [0.05, 0.1) is 0 Å². The number of aryl methyl sites for hydroxylation is 2. The summed E-state index contributed by atoms with van der Waals surface area (Å²) < 4.78 is 0. The van der Waals surface area contributed by atoms with Gasteiger partial charge in [0.2, 0.25) is 0 Å². The molecule has 1 heterocycles. The van der Waals surface area contributed by atoms with E-state index in [0.717, 1.165) is 42.6 Å². The van der Waals surface area contributed by atoms with Crippen molar-refractivity contribution in [2.45, 2.75) is 52.5 Å². The van der Waals surface area contributed by atoms with Crippen LogP contribution in [0.5, 0.6) is 0 Å². The van der Waals surface area contributed by atoms with Crippen molar-refractivity contribution in [3.63, 3.8) is 0 Å². The molecule has 0 aromatic heterocycles. The van der Waals surface area contributed by atoms with Crippen LogP contribution in [0.2, 0.25) is 0 Å². The van der Waals surface area contributed by atoms with Crippen molar-refractivity contribution in [1.29, 1.82) is 0 Å². The Morgan fingerprint density at radius 1 is 1.07 bits per heavy atom. The maximum Gasteiger partial charge on any atom is 0.255 e. The Balaban J connectivity index is 1.79. The van der Waals surface area contributed by atoms with Crippen molar-refractivity contribution in [3.05, 3.63) is 64.7 Å². The molecule has 1 unspecified atom stereocenters. The quantitative estimate of drug-likeness (QED) is 0.833. The predicted molar refractivity (Wildman–Crippen MR) is 109 cm³/mol. The predicted octanol–water partition coefficient (Wildman–Crippen LogP) is 4.96. The second-order valence-corrected chi connectivity index (χ2v) is 7.41. The van der Waals surface area contributed by atoms with E-state index in [2.05, 4.69) is 12.2 Å². The molecule has 4 heteroatoms. The highest BCUT2D eigenvalue weighted by Crippen LogP contribution is 2.23. The van der Waals surface area contributed by atoms with Crippen molar-refractivity contribution in [3.8, 4) is 0 Å². The summed E-state index contributed by atoms with van der Waals surface area (Å²) in [4.78, 5) is 27.7. The Kier molecular flexibility index (Phi) is 5.94. The minimum Gasteiger partial charge on any atom is -0.336 e. The summed E-state index contributed by atoms with van der Waals surface area (Å²) in [5.74, 6) is -0.160. The number of carbonyl (C=O) groups is 2. The summed E-state index contributed by atoms with van der Waals surface area (Å²) in [7, 11) is 0. The van der Waals surface area contributed by atoms with Gasteiger partial charge in [0.1, 0.15) is 0 Å². The lowest BCUT2D eigenvalue weighted by Crippen LogP contribution is -2.43. The van der Waals surface area contributed by atoms with Crippen LogP contribution in [0.4, 0.5) is 5.69 Å². The molecule has 142 valence electrons. The van der Waals surface area contributed by atoms with Crippen molar-refractivity contribution in [2.75, 3.05) is 11.9 Å². The topological polar surface area (TPSA) is 49.4 Å². The zero-order chi connectivity index (χ0) is 19.4. The van der Waals surface area contributed by atoms with Gasteiger partial charge in [-0.25, -0.2) is 0 Å². The van der Waals surface area contributed by atoms with Crippen LogP contribution in [0.25, 0.3) is 0 Å². The molecule has 0 aliphatic carbocycles. The molecular weight excluding hydrogens is 336 g/mol. The molecule has 1 aliphatic heterocycles. The number of benzene rings is 2.